The van der Waals surface area contributed by atoms with E-state index < -0.39 is 0 Å². The standard InChI is InChI=1S/C14H16N4O2/c15-11-4-1-3-10-5-6-12(18-13(10)11)14(20)17-8-2-7-16-9-19/h1,3-6,9H,2,7-8,15H2,(H,16,19)(H,17,20). The second-order valence-corrected chi connectivity index (χ2v) is 4.30. The molecule has 0 saturated heterocycles. The van der Waals surface area contributed by atoms with E-state index in [-0.39, 0.29) is 5.91 Å². The summed E-state index contributed by atoms with van der Waals surface area (Å²) in [5.41, 5.74) is 7.35. The number of nitrogens with two attached hydrogens (primary N) is 1. The van der Waals surface area contributed by atoms with E-state index in [1.54, 1.807) is 12.1 Å². The number of nitrogen functional groups attached to an aromatic ring is 1. The molecule has 0 aliphatic heterocycles. The Morgan fingerprint density at radius 3 is 2.90 bits per heavy atom. The lowest BCUT2D eigenvalue weighted by molar-refractivity contribution is -0.109. The van der Waals surface area contributed by atoms with E-state index >= 15 is 0 Å². The van der Waals surface area contributed by atoms with Crippen LogP contribution in [0.2, 0.25) is 0 Å². The molecule has 0 atom stereocenters. The lowest BCUT2D eigenvalue weighted by Gasteiger charge is -2.06. The van der Waals surface area contributed by atoms with Crippen molar-refractivity contribution in [3.8, 4) is 0 Å². The van der Waals surface area contributed by atoms with Crippen molar-refractivity contribution in [3.63, 3.8) is 0 Å². The van der Waals surface area contributed by atoms with E-state index in [1.165, 1.54) is 0 Å². The number of hydrogen-bond acceptors (Lipinski definition) is 4. The van der Waals surface area contributed by atoms with E-state index in [4.69, 9.17) is 5.73 Å². The minimum absolute atomic E-state index is 0.249. The van der Waals surface area contributed by atoms with Gasteiger partial charge in [-0.25, -0.2) is 4.98 Å². The largest absolute Gasteiger partial charge is 0.397 e. The summed E-state index contributed by atoms with van der Waals surface area (Å²) < 4.78 is 0. The maximum absolute atomic E-state index is 11.9. The smallest absolute Gasteiger partial charge is 0.269 e. The van der Waals surface area contributed by atoms with Crippen LogP contribution in [-0.4, -0.2) is 30.4 Å². The van der Waals surface area contributed by atoms with Crippen molar-refractivity contribution in [3.05, 3.63) is 36.0 Å². The van der Waals surface area contributed by atoms with E-state index in [0.29, 0.717) is 42.8 Å². The molecule has 4 N–H and O–H groups in total. The molecule has 104 valence electrons. The predicted octanol–water partition coefficient (Wildman–Crippen LogP) is 0.683. The highest BCUT2D eigenvalue weighted by molar-refractivity contribution is 5.97. The Labute approximate surface area is 116 Å². The second-order valence-electron chi connectivity index (χ2n) is 4.30. The molecule has 0 unspecified atom stereocenters. The molecular weight excluding hydrogens is 256 g/mol. The van der Waals surface area contributed by atoms with Gasteiger partial charge >= 0.3 is 0 Å². The number of pyridine rings is 1. The van der Waals surface area contributed by atoms with Crippen LogP contribution in [0.15, 0.2) is 30.3 Å². The molecule has 0 radical (unpaired) electrons. The average Bonchev–Trinajstić information content (AvgIpc) is 2.47. The first-order valence-corrected chi connectivity index (χ1v) is 6.33. The van der Waals surface area contributed by atoms with E-state index in [9.17, 15) is 9.59 Å². The molecule has 2 aromatic rings. The van der Waals surface area contributed by atoms with Gasteiger partial charge < -0.3 is 16.4 Å². The maximum Gasteiger partial charge on any atom is 0.269 e. The van der Waals surface area contributed by atoms with E-state index in [2.05, 4.69) is 15.6 Å². The quantitative estimate of drug-likeness (QED) is 0.409. The van der Waals surface area contributed by atoms with Crippen LogP contribution in [0.3, 0.4) is 0 Å². The summed E-state index contributed by atoms with van der Waals surface area (Å²) in [4.78, 5) is 26.3. The monoisotopic (exact) mass is 272 g/mol. The number of fused-ring (bicyclic) bond motifs is 1. The van der Waals surface area contributed by atoms with Crippen LogP contribution in [0.4, 0.5) is 5.69 Å². The fourth-order valence-corrected chi connectivity index (χ4v) is 1.84. The first-order chi connectivity index (χ1) is 9.72. The number of aromatic nitrogens is 1. The highest BCUT2D eigenvalue weighted by Gasteiger charge is 2.08. The number of nitrogens with one attached hydrogen (secondary N) is 2. The first kappa shape index (κ1) is 13.8. The summed E-state index contributed by atoms with van der Waals surface area (Å²) in [7, 11) is 0. The Morgan fingerprint density at radius 1 is 1.25 bits per heavy atom. The number of carbonyl (C=O) groups excluding carboxylic acids is 2. The van der Waals surface area contributed by atoms with Crippen molar-refractivity contribution in [1.82, 2.24) is 15.6 Å². The Morgan fingerprint density at radius 2 is 2.10 bits per heavy atom. The maximum atomic E-state index is 11.9. The summed E-state index contributed by atoms with van der Waals surface area (Å²) >= 11 is 0. The SMILES string of the molecule is Nc1cccc2ccc(C(=O)NCCCNC=O)nc12. The molecule has 6 heteroatoms. The van der Waals surface area contributed by atoms with Crippen LogP contribution in [0.1, 0.15) is 16.9 Å². The van der Waals surface area contributed by atoms with E-state index in [1.807, 2.05) is 18.2 Å². The van der Waals surface area contributed by atoms with Crippen LogP contribution in [0.25, 0.3) is 10.9 Å². The number of para-hydroxylation sites is 1. The van der Waals surface area contributed by atoms with Crippen molar-refractivity contribution in [2.45, 2.75) is 6.42 Å². The van der Waals surface area contributed by atoms with Crippen LogP contribution in [0.5, 0.6) is 0 Å². The zero-order valence-electron chi connectivity index (χ0n) is 10.9. The van der Waals surface area contributed by atoms with E-state index in [0.717, 1.165) is 5.39 Å². The van der Waals surface area contributed by atoms with Gasteiger partial charge in [-0.15, -0.1) is 0 Å². The third-order valence-electron chi connectivity index (χ3n) is 2.85. The third kappa shape index (κ3) is 3.23. The minimum Gasteiger partial charge on any atom is -0.397 e. The summed E-state index contributed by atoms with van der Waals surface area (Å²) in [5.74, 6) is -0.249. The third-order valence-corrected chi connectivity index (χ3v) is 2.85. The summed E-state index contributed by atoms with van der Waals surface area (Å²) in [6.45, 7) is 1.01. The van der Waals surface area contributed by atoms with Gasteiger partial charge in [0, 0.05) is 18.5 Å². The Bertz CT molecular complexity index is 628. The van der Waals surface area contributed by atoms with Crippen LogP contribution < -0.4 is 16.4 Å². The molecular formula is C14H16N4O2. The fourth-order valence-electron chi connectivity index (χ4n) is 1.84. The summed E-state index contributed by atoms with van der Waals surface area (Å²) in [6, 6.07) is 8.98. The van der Waals surface area contributed by atoms with Crippen molar-refractivity contribution in [2.75, 3.05) is 18.8 Å². The summed E-state index contributed by atoms with van der Waals surface area (Å²) in [5, 5.41) is 6.17. The molecule has 0 fully saturated rings. The number of rotatable bonds is 6. The molecule has 1 heterocycles. The zero-order chi connectivity index (χ0) is 14.4. The number of hydrogen-bond donors (Lipinski definition) is 3. The van der Waals surface area contributed by atoms with Crippen LogP contribution >= 0.6 is 0 Å². The fraction of sp³-hybridized carbons (Fsp3) is 0.214. The minimum atomic E-state index is -0.249. The van der Waals surface area contributed by atoms with Crippen LogP contribution in [-0.2, 0) is 4.79 Å². The van der Waals surface area contributed by atoms with Gasteiger partial charge in [0.2, 0.25) is 6.41 Å². The molecule has 1 aromatic carbocycles. The predicted molar refractivity (Wildman–Crippen MR) is 77.2 cm³/mol. The number of carbonyl (C=O) groups is 2. The highest BCUT2D eigenvalue weighted by atomic mass is 16.2. The van der Waals surface area contributed by atoms with Crippen LogP contribution in [0, 0.1) is 0 Å². The normalized spacial score (nSPS) is 10.2. The number of anilines is 1. The summed E-state index contributed by atoms with van der Waals surface area (Å²) in [6.07, 6.45) is 1.30. The molecule has 0 aliphatic rings. The molecule has 0 bridgehead atoms. The highest BCUT2D eigenvalue weighted by Crippen LogP contribution is 2.18. The van der Waals surface area contributed by atoms with Gasteiger partial charge in [0.15, 0.2) is 0 Å². The lowest BCUT2D eigenvalue weighted by atomic mass is 10.1. The Hall–Kier alpha value is -2.63. The average molecular weight is 272 g/mol. The molecule has 0 aliphatic carbocycles. The molecule has 20 heavy (non-hydrogen) atoms. The van der Waals surface area contributed by atoms with Gasteiger partial charge in [-0.05, 0) is 18.6 Å². The van der Waals surface area contributed by atoms with Crippen molar-refractivity contribution in [2.24, 2.45) is 0 Å². The Kier molecular flexibility index (Phi) is 4.49. The number of amides is 2. The molecule has 2 amide bonds. The van der Waals surface area contributed by atoms with Crippen molar-refractivity contribution in [1.29, 1.82) is 0 Å². The molecule has 2 rings (SSSR count). The first-order valence-electron chi connectivity index (χ1n) is 6.33. The number of benzene rings is 1. The zero-order valence-corrected chi connectivity index (χ0v) is 10.9. The van der Waals surface area contributed by atoms with Gasteiger partial charge in [-0.1, -0.05) is 18.2 Å². The van der Waals surface area contributed by atoms with Crippen molar-refractivity contribution < 1.29 is 9.59 Å². The topological polar surface area (TPSA) is 97.1 Å². The lowest BCUT2D eigenvalue weighted by Crippen LogP contribution is -2.27. The Balaban J connectivity index is 2.03. The van der Waals surface area contributed by atoms with Gasteiger partial charge in [0.25, 0.3) is 5.91 Å². The molecule has 0 spiro atoms. The molecule has 1 aromatic heterocycles. The van der Waals surface area contributed by atoms with Gasteiger partial charge in [0.1, 0.15) is 5.69 Å². The van der Waals surface area contributed by atoms with Crippen molar-refractivity contribution >= 4 is 28.9 Å². The number of nitrogens with zero attached hydrogens (tertiary/aromatic N) is 1. The molecule has 0 saturated carbocycles. The van der Waals surface area contributed by atoms with Gasteiger partial charge in [0.05, 0.1) is 11.2 Å². The van der Waals surface area contributed by atoms with Gasteiger partial charge in [-0.2, -0.15) is 0 Å². The van der Waals surface area contributed by atoms with Gasteiger partial charge in [-0.3, -0.25) is 9.59 Å². The second kappa shape index (κ2) is 6.51. The molecule has 6 nitrogen and oxygen atoms in total.